The van der Waals surface area contributed by atoms with Crippen molar-refractivity contribution < 1.29 is 18.8 Å². The number of aromatic nitrogens is 1. The van der Waals surface area contributed by atoms with Crippen LogP contribution in [-0.2, 0) is 16.0 Å². The van der Waals surface area contributed by atoms with Crippen LogP contribution in [0.25, 0.3) is 0 Å². The lowest BCUT2D eigenvalue weighted by Gasteiger charge is -2.25. The van der Waals surface area contributed by atoms with Gasteiger partial charge in [-0.1, -0.05) is 11.2 Å². The van der Waals surface area contributed by atoms with Crippen molar-refractivity contribution >= 4 is 17.5 Å². The number of hydrogen-bond donors (Lipinski definition) is 1. The summed E-state index contributed by atoms with van der Waals surface area (Å²) in [4.78, 5) is 26.3. The van der Waals surface area contributed by atoms with Gasteiger partial charge in [-0.15, -0.1) is 0 Å². The highest BCUT2D eigenvalue weighted by Crippen LogP contribution is 2.36. The van der Waals surface area contributed by atoms with E-state index in [0.29, 0.717) is 11.4 Å². The molecule has 1 saturated heterocycles. The molecule has 26 heavy (non-hydrogen) atoms. The van der Waals surface area contributed by atoms with E-state index in [1.165, 1.54) is 0 Å². The third-order valence-electron chi connectivity index (χ3n) is 5.03. The quantitative estimate of drug-likeness (QED) is 0.914. The molecular weight excluding hydrogens is 334 g/mol. The van der Waals surface area contributed by atoms with Gasteiger partial charge in [0.15, 0.2) is 6.61 Å². The number of nitrogens with one attached hydrogen (secondary N) is 1. The van der Waals surface area contributed by atoms with E-state index < -0.39 is 0 Å². The Balaban J connectivity index is 1.53. The zero-order valence-corrected chi connectivity index (χ0v) is 14.9. The van der Waals surface area contributed by atoms with Crippen LogP contribution in [0.2, 0.25) is 0 Å². The Kier molecular flexibility index (Phi) is 4.14. The van der Waals surface area contributed by atoms with E-state index in [1.54, 1.807) is 6.07 Å². The molecule has 7 heteroatoms. The van der Waals surface area contributed by atoms with Gasteiger partial charge in [0.1, 0.15) is 11.5 Å². The van der Waals surface area contributed by atoms with Crippen LogP contribution in [0.15, 0.2) is 22.7 Å². The number of amides is 2. The highest BCUT2D eigenvalue weighted by Gasteiger charge is 2.33. The van der Waals surface area contributed by atoms with E-state index in [0.717, 1.165) is 42.0 Å². The Morgan fingerprint density at radius 1 is 1.38 bits per heavy atom. The molecule has 4 rings (SSSR count). The SMILES string of the molecule is Cc1noc(C)c1C1CCCN1C(=O)Cc1ccc2c(c1)NC(=O)CO2. The monoisotopic (exact) mass is 355 g/mol. The maximum Gasteiger partial charge on any atom is 0.262 e. The average Bonchev–Trinajstić information content (AvgIpc) is 3.21. The first-order valence-corrected chi connectivity index (χ1v) is 8.81. The fraction of sp³-hybridized carbons (Fsp3) is 0.421. The van der Waals surface area contributed by atoms with Crippen molar-refractivity contribution in [2.75, 3.05) is 18.5 Å². The highest BCUT2D eigenvalue weighted by atomic mass is 16.5. The van der Waals surface area contributed by atoms with Crippen molar-refractivity contribution in [3.8, 4) is 5.75 Å². The van der Waals surface area contributed by atoms with E-state index in [2.05, 4.69) is 10.5 Å². The standard InChI is InChI=1S/C19H21N3O4/c1-11-19(12(2)26-21-11)15-4-3-7-22(15)18(24)9-13-5-6-16-14(8-13)20-17(23)10-25-16/h5-6,8,15H,3-4,7,9-10H2,1-2H3,(H,20,23). The summed E-state index contributed by atoms with van der Waals surface area (Å²) >= 11 is 0. The van der Waals surface area contributed by atoms with Crippen LogP contribution in [0, 0.1) is 13.8 Å². The minimum Gasteiger partial charge on any atom is -0.482 e. The molecule has 0 radical (unpaired) electrons. The Bertz CT molecular complexity index is 854. The summed E-state index contributed by atoms with van der Waals surface area (Å²) in [7, 11) is 0. The summed E-state index contributed by atoms with van der Waals surface area (Å²) in [5.41, 5.74) is 3.35. The lowest BCUT2D eigenvalue weighted by atomic mass is 10.0. The van der Waals surface area contributed by atoms with Crippen LogP contribution in [0.4, 0.5) is 5.69 Å². The third kappa shape index (κ3) is 2.94. The smallest absolute Gasteiger partial charge is 0.262 e. The molecule has 2 aromatic rings. The minimum atomic E-state index is -0.181. The molecule has 0 spiro atoms. The maximum absolute atomic E-state index is 12.9. The first-order valence-electron chi connectivity index (χ1n) is 8.81. The number of rotatable bonds is 3. The summed E-state index contributed by atoms with van der Waals surface area (Å²) in [6.07, 6.45) is 2.17. The van der Waals surface area contributed by atoms with Gasteiger partial charge in [-0.2, -0.15) is 0 Å². The molecule has 2 amide bonds. The Morgan fingerprint density at radius 3 is 3.00 bits per heavy atom. The summed E-state index contributed by atoms with van der Waals surface area (Å²) in [6.45, 7) is 4.57. The first kappa shape index (κ1) is 16.6. The van der Waals surface area contributed by atoms with Crippen molar-refractivity contribution in [3.05, 3.63) is 40.8 Å². The Hall–Kier alpha value is -2.83. The predicted molar refractivity (Wildman–Crippen MR) is 93.9 cm³/mol. The molecule has 3 heterocycles. The molecule has 1 N–H and O–H groups in total. The zero-order valence-electron chi connectivity index (χ0n) is 14.9. The summed E-state index contributed by atoms with van der Waals surface area (Å²) in [5, 5.41) is 6.81. The molecule has 2 aliphatic rings. The molecule has 136 valence electrons. The van der Waals surface area contributed by atoms with E-state index >= 15 is 0 Å². The second-order valence-electron chi connectivity index (χ2n) is 6.83. The van der Waals surface area contributed by atoms with Crippen molar-refractivity contribution in [1.82, 2.24) is 10.1 Å². The third-order valence-corrected chi connectivity index (χ3v) is 5.03. The molecule has 1 aromatic carbocycles. The molecule has 0 saturated carbocycles. The van der Waals surface area contributed by atoms with Crippen LogP contribution in [0.1, 0.15) is 41.5 Å². The van der Waals surface area contributed by atoms with E-state index in [-0.39, 0.29) is 30.9 Å². The lowest BCUT2D eigenvalue weighted by Crippen LogP contribution is -2.32. The number of benzene rings is 1. The molecule has 1 atom stereocenters. The topological polar surface area (TPSA) is 84.7 Å². The summed E-state index contributed by atoms with van der Waals surface area (Å²) in [6, 6.07) is 5.50. The Labute approximate surface area is 151 Å². The van der Waals surface area contributed by atoms with Crippen LogP contribution < -0.4 is 10.1 Å². The van der Waals surface area contributed by atoms with Gasteiger partial charge in [0, 0.05) is 12.1 Å². The second kappa shape index (κ2) is 6.48. The molecule has 7 nitrogen and oxygen atoms in total. The first-order chi connectivity index (χ1) is 12.5. The molecular formula is C19H21N3O4. The van der Waals surface area contributed by atoms with Gasteiger partial charge in [-0.25, -0.2) is 0 Å². The molecule has 1 fully saturated rings. The number of anilines is 1. The number of carbonyl (C=O) groups excluding carboxylic acids is 2. The fourth-order valence-electron chi connectivity index (χ4n) is 3.85. The number of ether oxygens (including phenoxy) is 1. The van der Waals surface area contributed by atoms with Crippen LogP contribution in [0.5, 0.6) is 5.75 Å². The maximum atomic E-state index is 12.9. The van der Waals surface area contributed by atoms with Crippen LogP contribution in [-0.4, -0.2) is 35.0 Å². The second-order valence-corrected chi connectivity index (χ2v) is 6.83. The van der Waals surface area contributed by atoms with Crippen LogP contribution in [0.3, 0.4) is 0 Å². The van der Waals surface area contributed by atoms with Crippen LogP contribution >= 0.6 is 0 Å². The number of fused-ring (bicyclic) bond motifs is 1. The van der Waals surface area contributed by atoms with Gasteiger partial charge in [0.25, 0.3) is 5.91 Å². The van der Waals surface area contributed by atoms with Gasteiger partial charge < -0.3 is 19.5 Å². The van der Waals surface area contributed by atoms with E-state index in [4.69, 9.17) is 9.26 Å². The largest absolute Gasteiger partial charge is 0.482 e. The van der Waals surface area contributed by atoms with Gasteiger partial charge in [-0.3, -0.25) is 9.59 Å². The van der Waals surface area contributed by atoms with Crippen molar-refractivity contribution in [2.24, 2.45) is 0 Å². The highest BCUT2D eigenvalue weighted by molar-refractivity contribution is 5.95. The summed E-state index contributed by atoms with van der Waals surface area (Å²) in [5.74, 6) is 1.30. The normalized spacial score (nSPS) is 19.1. The predicted octanol–water partition coefficient (Wildman–Crippen LogP) is 2.53. The Morgan fingerprint density at radius 2 is 2.23 bits per heavy atom. The molecule has 0 aliphatic carbocycles. The van der Waals surface area contributed by atoms with E-state index in [1.807, 2.05) is 30.9 Å². The van der Waals surface area contributed by atoms with Gasteiger partial charge in [0.05, 0.1) is 23.8 Å². The number of nitrogens with zero attached hydrogens (tertiary/aromatic N) is 2. The van der Waals surface area contributed by atoms with Crippen molar-refractivity contribution in [2.45, 2.75) is 39.2 Å². The summed E-state index contributed by atoms with van der Waals surface area (Å²) < 4.78 is 10.6. The zero-order chi connectivity index (χ0) is 18.3. The van der Waals surface area contributed by atoms with Gasteiger partial charge in [-0.05, 0) is 44.4 Å². The molecule has 1 aromatic heterocycles. The van der Waals surface area contributed by atoms with Gasteiger partial charge in [0.2, 0.25) is 5.91 Å². The minimum absolute atomic E-state index is 0.0226. The van der Waals surface area contributed by atoms with Crippen molar-refractivity contribution in [1.29, 1.82) is 0 Å². The number of carbonyl (C=O) groups is 2. The lowest BCUT2D eigenvalue weighted by molar-refractivity contribution is -0.131. The number of hydrogen-bond acceptors (Lipinski definition) is 5. The fourth-order valence-corrected chi connectivity index (χ4v) is 3.85. The van der Waals surface area contributed by atoms with Crippen molar-refractivity contribution in [3.63, 3.8) is 0 Å². The molecule has 2 aliphatic heterocycles. The number of likely N-dealkylation sites (tertiary alicyclic amines) is 1. The van der Waals surface area contributed by atoms with E-state index in [9.17, 15) is 9.59 Å². The number of aryl methyl sites for hydroxylation is 2. The average molecular weight is 355 g/mol. The molecule has 0 bridgehead atoms. The molecule has 1 unspecified atom stereocenters. The van der Waals surface area contributed by atoms with Gasteiger partial charge >= 0.3 is 0 Å².